The van der Waals surface area contributed by atoms with E-state index in [1.165, 1.54) is 4.90 Å². The molecule has 0 unspecified atom stereocenters. The Morgan fingerprint density at radius 2 is 1.58 bits per heavy atom. The topological polar surface area (TPSA) is 61.9 Å². The number of carbonyl (C=O) groups is 2. The molecule has 2 amide bonds. The highest BCUT2D eigenvalue weighted by Crippen LogP contribution is 2.38. The van der Waals surface area contributed by atoms with Gasteiger partial charge in [-0.3, -0.25) is 9.59 Å². The van der Waals surface area contributed by atoms with Gasteiger partial charge in [-0.1, -0.05) is 30.3 Å². The molecular formula is C27H27N3O3. The first-order valence-corrected chi connectivity index (χ1v) is 10.7. The SMILES string of the molecule is COc1ccccc1C1=C(Nc2cc(C)ccc2C)C(=O)N(c2ccc(N(C)C)cc2)C1=O. The number of carbonyl (C=O) groups excluding carboxylic acids is 2. The molecule has 0 spiro atoms. The Morgan fingerprint density at radius 3 is 2.24 bits per heavy atom. The lowest BCUT2D eigenvalue weighted by atomic mass is 10.0. The number of hydrogen-bond donors (Lipinski definition) is 1. The molecule has 4 rings (SSSR count). The van der Waals surface area contributed by atoms with Crippen LogP contribution in [0, 0.1) is 13.8 Å². The highest BCUT2D eigenvalue weighted by molar-refractivity contribution is 6.46. The van der Waals surface area contributed by atoms with Crippen LogP contribution in [0.15, 0.2) is 72.4 Å². The summed E-state index contributed by atoms with van der Waals surface area (Å²) in [5.41, 5.74) is 5.38. The molecule has 6 nitrogen and oxygen atoms in total. The van der Waals surface area contributed by atoms with Gasteiger partial charge < -0.3 is 15.0 Å². The van der Waals surface area contributed by atoms with Crippen molar-refractivity contribution in [2.45, 2.75) is 13.8 Å². The van der Waals surface area contributed by atoms with Crippen molar-refractivity contribution >= 4 is 34.4 Å². The predicted molar refractivity (Wildman–Crippen MR) is 133 cm³/mol. The van der Waals surface area contributed by atoms with Crippen LogP contribution in [0.25, 0.3) is 5.57 Å². The largest absolute Gasteiger partial charge is 0.496 e. The third-order valence-electron chi connectivity index (χ3n) is 5.74. The second-order valence-electron chi connectivity index (χ2n) is 8.25. The Bertz CT molecular complexity index is 1260. The number of benzene rings is 3. The third-order valence-corrected chi connectivity index (χ3v) is 5.74. The Morgan fingerprint density at radius 1 is 0.879 bits per heavy atom. The number of imide groups is 1. The van der Waals surface area contributed by atoms with E-state index in [2.05, 4.69) is 5.32 Å². The van der Waals surface area contributed by atoms with Crippen molar-refractivity contribution in [1.29, 1.82) is 0 Å². The maximum atomic E-state index is 13.7. The molecule has 33 heavy (non-hydrogen) atoms. The number of nitrogens with one attached hydrogen (secondary N) is 1. The molecule has 168 valence electrons. The average Bonchev–Trinajstić information content (AvgIpc) is 3.05. The van der Waals surface area contributed by atoms with Gasteiger partial charge in [-0.15, -0.1) is 0 Å². The van der Waals surface area contributed by atoms with Gasteiger partial charge in [0.15, 0.2) is 0 Å². The Kier molecular flexibility index (Phi) is 5.92. The normalized spacial score (nSPS) is 13.5. The van der Waals surface area contributed by atoms with Gasteiger partial charge in [-0.2, -0.15) is 0 Å². The first kappa shape index (κ1) is 22.1. The second-order valence-corrected chi connectivity index (χ2v) is 8.25. The van der Waals surface area contributed by atoms with E-state index in [0.29, 0.717) is 17.0 Å². The molecule has 6 heteroatoms. The fourth-order valence-electron chi connectivity index (χ4n) is 3.89. The summed E-state index contributed by atoms with van der Waals surface area (Å²) in [5.74, 6) is -0.270. The molecule has 3 aromatic rings. The summed E-state index contributed by atoms with van der Waals surface area (Å²) in [6.45, 7) is 3.95. The maximum absolute atomic E-state index is 13.7. The number of para-hydroxylation sites is 1. The van der Waals surface area contributed by atoms with Crippen molar-refractivity contribution in [1.82, 2.24) is 0 Å². The number of anilines is 3. The molecule has 1 N–H and O–H groups in total. The van der Waals surface area contributed by atoms with Crippen LogP contribution < -0.4 is 19.9 Å². The number of amides is 2. The molecule has 0 atom stereocenters. The molecule has 0 saturated carbocycles. The second kappa shape index (κ2) is 8.82. The van der Waals surface area contributed by atoms with Gasteiger partial charge in [0.05, 0.1) is 18.4 Å². The summed E-state index contributed by atoms with van der Waals surface area (Å²) < 4.78 is 5.52. The Labute approximate surface area is 194 Å². The van der Waals surface area contributed by atoms with Crippen molar-refractivity contribution < 1.29 is 14.3 Å². The maximum Gasteiger partial charge on any atom is 0.282 e. The van der Waals surface area contributed by atoms with E-state index >= 15 is 0 Å². The van der Waals surface area contributed by atoms with E-state index < -0.39 is 11.8 Å². The molecule has 3 aromatic carbocycles. The van der Waals surface area contributed by atoms with E-state index in [4.69, 9.17) is 4.74 Å². The van der Waals surface area contributed by atoms with Crippen LogP contribution in [0.2, 0.25) is 0 Å². The minimum Gasteiger partial charge on any atom is -0.496 e. The molecule has 1 aliphatic heterocycles. The Hall–Kier alpha value is -4.06. The van der Waals surface area contributed by atoms with Crippen molar-refractivity contribution in [3.63, 3.8) is 0 Å². The van der Waals surface area contributed by atoms with Crippen LogP contribution in [0.5, 0.6) is 5.75 Å². The van der Waals surface area contributed by atoms with Crippen molar-refractivity contribution in [2.24, 2.45) is 0 Å². The van der Waals surface area contributed by atoms with E-state index in [1.807, 2.05) is 75.3 Å². The Balaban J connectivity index is 1.85. The number of methoxy groups -OCH3 is 1. The van der Waals surface area contributed by atoms with Gasteiger partial charge in [-0.25, -0.2) is 4.90 Å². The van der Waals surface area contributed by atoms with Crippen LogP contribution in [-0.2, 0) is 9.59 Å². The minimum absolute atomic E-state index is 0.231. The molecule has 0 aromatic heterocycles. The smallest absolute Gasteiger partial charge is 0.282 e. The number of aryl methyl sites for hydroxylation is 2. The van der Waals surface area contributed by atoms with Crippen LogP contribution in [0.1, 0.15) is 16.7 Å². The van der Waals surface area contributed by atoms with Gasteiger partial charge in [0.25, 0.3) is 11.8 Å². The average molecular weight is 442 g/mol. The van der Waals surface area contributed by atoms with E-state index in [0.717, 1.165) is 22.5 Å². The summed E-state index contributed by atoms with van der Waals surface area (Å²) >= 11 is 0. The van der Waals surface area contributed by atoms with Gasteiger partial charge in [0.2, 0.25) is 0 Å². The third kappa shape index (κ3) is 4.07. The number of hydrogen-bond acceptors (Lipinski definition) is 5. The molecule has 1 heterocycles. The fraction of sp³-hybridized carbons (Fsp3) is 0.185. The lowest BCUT2D eigenvalue weighted by Crippen LogP contribution is -2.32. The zero-order valence-corrected chi connectivity index (χ0v) is 19.5. The molecule has 0 bridgehead atoms. The van der Waals surface area contributed by atoms with E-state index in [9.17, 15) is 9.59 Å². The minimum atomic E-state index is -0.403. The molecular weight excluding hydrogens is 414 g/mol. The van der Waals surface area contributed by atoms with Crippen molar-refractivity contribution in [2.75, 3.05) is 36.3 Å². The summed E-state index contributed by atoms with van der Waals surface area (Å²) in [5, 5.41) is 3.26. The van der Waals surface area contributed by atoms with Crippen LogP contribution >= 0.6 is 0 Å². The summed E-state index contributed by atoms with van der Waals surface area (Å²) in [6.07, 6.45) is 0. The van der Waals surface area contributed by atoms with Crippen LogP contribution in [0.3, 0.4) is 0 Å². The highest BCUT2D eigenvalue weighted by atomic mass is 16.5. The first-order valence-electron chi connectivity index (χ1n) is 10.7. The van der Waals surface area contributed by atoms with E-state index in [1.54, 1.807) is 31.4 Å². The highest BCUT2D eigenvalue weighted by Gasteiger charge is 2.41. The quantitative estimate of drug-likeness (QED) is 0.558. The standard InChI is InChI=1S/C27H27N3O3/c1-17-10-11-18(2)22(16-17)28-25-24(21-8-6-7-9-23(21)33-5)26(31)30(27(25)32)20-14-12-19(13-15-20)29(3)4/h6-16,28H,1-5H3. The van der Waals surface area contributed by atoms with Gasteiger partial charge in [-0.05, 0) is 61.4 Å². The van der Waals surface area contributed by atoms with Crippen molar-refractivity contribution in [3.8, 4) is 5.75 Å². The van der Waals surface area contributed by atoms with Gasteiger partial charge in [0.1, 0.15) is 11.4 Å². The summed E-state index contributed by atoms with van der Waals surface area (Å²) in [7, 11) is 5.43. The number of nitrogens with zero attached hydrogens (tertiary/aromatic N) is 2. The summed E-state index contributed by atoms with van der Waals surface area (Å²) in [4.78, 5) is 30.5. The van der Waals surface area contributed by atoms with Gasteiger partial charge >= 0.3 is 0 Å². The number of rotatable bonds is 6. The molecule has 0 radical (unpaired) electrons. The predicted octanol–water partition coefficient (Wildman–Crippen LogP) is 4.77. The lowest BCUT2D eigenvalue weighted by Gasteiger charge is -2.18. The monoisotopic (exact) mass is 441 g/mol. The zero-order chi connectivity index (χ0) is 23.7. The molecule has 0 fully saturated rings. The lowest BCUT2D eigenvalue weighted by molar-refractivity contribution is -0.120. The molecule has 1 aliphatic rings. The van der Waals surface area contributed by atoms with E-state index in [-0.39, 0.29) is 11.3 Å². The van der Waals surface area contributed by atoms with Gasteiger partial charge in [0, 0.05) is 31.0 Å². The molecule has 0 saturated heterocycles. The van der Waals surface area contributed by atoms with Crippen molar-refractivity contribution in [3.05, 3.63) is 89.1 Å². The number of ether oxygens (including phenoxy) is 1. The van der Waals surface area contributed by atoms with Crippen LogP contribution in [0.4, 0.5) is 17.1 Å². The first-order chi connectivity index (χ1) is 15.8. The fourth-order valence-corrected chi connectivity index (χ4v) is 3.89. The zero-order valence-electron chi connectivity index (χ0n) is 19.5. The molecule has 0 aliphatic carbocycles. The van der Waals surface area contributed by atoms with Crippen LogP contribution in [-0.4, -0.2) is 33.0 Å². The summed E-state index contributed by atoms with van der Waals surface area (Å²) in [6, 6.07) is 20.5.